The zero-order valence-electron chi connectivity index (χ0n) is 23.3. The summed E-state index contributed by atoms with van der Waals surface area (Å²) in [4.78, 5) is 40.2. The van der Waals surface area contributed by atoms with E-state index in [0.29, 0.717) is 5.56 Å². The highest BCUT2D eigenvalue weighted by atomic mass is 16.4. The molecule has 3 N–H and O–H groups in total. The SMILES string of the molecule is CN[C@H](C(=O)N[C@H](C(=O)N(C)[C@H](/C=C(\C)C(=O)O)C(C)C)C(C)(C)C)C(C)(C)c1cccc(C#N)c1. The molecule has 0 spiro atoms. The molecule has 2 amide bonds. The van der Waals surface area contributed by atoms with Crippen LogP contribution in [-0.4, -0.2) is 60.0 Å². The van der Waals surface area contributed by atoms with Crippen LogP contribution in [0.3, 0.4) is 0 Å². The van der Waals surface area contributed by atoms with Crippen molar-refractivity contribution < 1.29 is 19.5 Å². The van der Waals surface area contributed by atoms with Gasteiger partial charge in [-0.3, -0.25) is 9.59 Å². The first-order valence-corrected chi connectivity index (χ1v) is 12.2. The Kier molecular flexibility index (Phi) is 10.4. The largest absolute Gasteiger partial charge is 0.478 e. The molecule has 0 unspecified atom stereocenters. The van der Waals surface area contributed by atoms with Crippen molar-refractivity contribution in [3.63, 3.8) is 0 Å². The normalized spacial score (nSPS) is 15.0. The lowest BCUT2D eigenvalue weighted by atomic mass is 9.76. The second-order valence-electron chi connectivity index (χ2n) is 11.3. The zero-order chi connectivity index (χ0) is 28.0. The summed E-state index contributed by atoms with van der Waals surface area (Å²) < 4.78 is 0. The van der Waals surface area contributed by atoms with Crippen LogP contribution in [0.1, 0.15) is 66.5 Å². The maximum Gasteiger partial charge on any atom is 0.331 e. The minimum Gasteiger partial charge on any atom is -0.478 e. The van der Waals surface area contributed by atoms with Gasteiger partial charge in [-0.05, 0) is 43.0 Å². The number of amides is 2. The fourth-order valence-electron chi connectivity index (χ4n) is 4.28. The number of aliphatic carboxylic acids is 1. The smallest absolute Gasteiger partial charge is 0.331 e. The number of hydrogen-bond acceptors (Lipinski definition) is 5. The number of nitriles is 1. The average molecular weight is 499 g/mol. The van der Waals surface area contributed by atoms with Crippen molar-refractivity contribution >= 4 is 17.8 Å². The van der Waals surface area contributed by atoms with E-state index in [2.05, 4.69) is 16.7 Å². The van der Waals surface area contributed by atoms with Gasteiger partial charge >= 0.3 is 5.97 Å². The summed E-state index contributed by atoms with van der Waals surface area (Å²) in [6, 6.07) is 7.27. The first-order valence-electron chi connectivity index (χ1n) is 12.2. The molecule has 0 saturated carbocycles. The Morgan fingerprint density at radius 1 is 1.11 bits per heavy atom. The van der Waals surface area contributed by atoms with Gasteiger partial charge in [-0.1, -0.05) is 66.7 Å². The number of likely N-dealkylation sites (N-methyl/N-ethyl adjacent to an activating group) is 2. The fourth-order valence-corrected chi connectivity index (χ4v) is 4.28. The highest BCUT2D eigenvalue weighted by molar-refractivity contribution is 5.91. The van der Waals surface area contributed by atoms with E-state index < -0.39 is 34.9 Å². The molecule has 36 heavy (non-hydrogen) atoms. The summed E-state index contributed by atoms with van der Waals surface area (Å²) in [5.41, 5.74) is 0.175. The third-order valence-electron chi connectivity index (χ3n) is 6.64. The van der Waals surface area contributed by atoms with Gasteiger partial charge in [0.15, 0.2) is 0 Å². The van der Waals surface area contributed by atoms with Crippen molar-refractivity contribution in [2.24, 2.45) is 11.3 Å². The van der Waals surface area contributed by atoms with E-state index in [1.54, 1.807) is 38.4 Å². The van der Waals surface area contributed by atoms with E-state index in [9.17, 15) is 24.8 Å². The molecule has 0 heterocycles. The second kappa shape index (κ2) is 12.2. The van der Waals surface area contributed by atoms with E-state index in [4.69, 9.17) is 0 Å². The molecule has 1 aromatic carbocycles. The topological polar surface area (TPSA) is 123 Å². The van der Waals surface area contributed by atoms with Gasteiger partial charge in [0.2, 0.25) is 11.8 Å². The molecular formula is C28H42N4O4. The highest BCUT2D eigenvalue weighted by Crippen LogP contribution is 2.29. The van der Waals surface area contributed by atoms with Crippen LogP contribution >= 0.6 is 0 Å². The van der Waals surface area contributed by atoms with Crippen LogP contribution in [0.4, 0.5) is 0 Å². The summed E-state index contributed by atoms with van der Waals surface area (Å²) in [5.74, 6) is -1.73. The van der Waals surface area contributed by atoms with Crippen LogP contribution in [0.2, 0.25) is 0 Å². The third-order valence-corrected chi connectivity index (χ3v) is 6.64. The van der Waals surface area contributed by atoms with Crippen molar-refractivity contribution in [1.82, 2.24) is 15.5 Å². The second-order valence-corrected chi connectivity index (χ2v) is 11.3. The molecule has 1 aromatic rings. The summed E-state index contributed by atoms with van der Waals surface area (Å²) in [6.45, 7) is 14.8. The van der Waals surface area contributed by atoms with Crippen molar-refractivity contribution in [3.05, 3.63) is 47.0 Å². The van der Waals surface area contributed by atoms with Crippen LogP contribution in [-0.2, 0) is 19.8 Å². The van der Waals surface area contributed by atoms with E-state index in [1.807, 2.05) is 54.5 Å². The number of hydrogen-bond donors (Lipinski definition) is 3. The Morgan fingerprint density at radius 2 is 1.69 bits per heavy atom. The zero-order valence-corrected chi connectivity index (χ0v) is 23.3. The Hall–Kier alpha value is -3.18. The fraction of sp³-hybridized carbons (Fsp3) is 0.571. The maximum atomic E-state index is 13.7. The molecule has 0 bridgehead atoms. The predicted molar refractivity (Wildman–Crippen MR) is 141 cm³/mol. The van der Waals surface area contributed by atoms with Gasteiger partial charge in [-0.15, -0.1) is 0 Å². The summed E-state index contributed by atoms with van der Waals surface area (Å²) >= 11 is 0. The Balaban J connectivity index is 3.35. The van der Waals surface area contributed by atoms with Crippen LogP contribution in [0.15, 0.2) is 35.9 Å². The van der Waals surface area contributed by atoms with Gasteiger partial charge in [0, 0.05) is 18.0 Å². The van der Waals surface area contributed by atoms with Crippen molar-refractivity contribution in [2.45, 2.75) is 78.9 Å². The Labute approximate surface area is 215 Å². The molecule has 0 saturated heterocycles. The first-order chi connectivity index (χ1) is 16.5. The standard InChI is InChI=1S/C28H42N4O4/c1-17(2)21(14-18(3)26(35)36)32(10)25(34)23(27(4,5)6)31-24(33)22(30-9)28(7,8)20-13-11-12-19(15-20)16-29/h11-15,17,21-23,30H,1-10H3,(H,31,33)(H,35,36)/b18-14+/t21-,22-,23-/m1/s1. The molecule has 0 aliphatic rings. The molecule has 198 valence electrons. The summed E-state index contributed by atoms with van der Waals surface area (Å²) in [5, 5.41) is 24.7. The number of benzene rings is 1. The van der Waals surface area contributed by atoms with E-state index in [1.165, 1.54) is 11.8 Å². The molecule has 0 fully saturated rings. The average Bonchev–Trinajstić information content (AvgIpc) is 2.79. The third kappa shape index (κ3) is 7.41. The number of rotatable bonds is 10. The molecule has 0 aliphatic carbocycles. The quantitative estimate of drug-likeness (QED) is 0.425. The molecule has 8 heteroatoms. The van der Waals surface area contributed by atoms with Gasteiger partial charge in [0.05, 0.1) is 23.7 Å². The lowest BCUT2D eigenvalue weighted by Gasteiger charge is -2.40. The number of carboxylic acids is 1. The van der Waals surface area contributed by atoms with Gasteiger partial charge in [-0.2, -0.15) is 5.26 Å². The van der Waals surface area contributed by atoms with E-state index >= 15 is 0 Å². The van der Waals surface area contributed by atoms with Crippen LogP contribution in [0, 0.1) is 22.7 Å². The maximum absolute atomic E-state index is 13.7. The first kappa shape index (κ1) is 30.9. The lowest BCUT2D eigenvalue weighted by molar-refractivity contribution is -0.141. The number of carboxylic acid groups (broad SMARTS) is 1. The Morgan fingerprint density at radius 3 is 2.14 bits per heavy atom. The highest BCUT2D eigenvalue weighted by Gasteiger charge is 2.41. The molecule has 0 aromatic heterocycles. The molecule has 1 rings (SSSR count). The number of carbonyl (C=O) groups excluding carboxylic acids is 2. The minimum atomic E-state index is -1.04. The van der Waals surface area contributed by atoms with Crippen molar-refractivity contribution in [1.29, 1.82) is 5.26 Å². The molecule has 0 radical (unpaired) electrons. The molecular weight excluding hydrogens is 456 g/mol. The lowest BCUT2D eigenvalue weighted by Crippen LogP contribution is -2.61. The minimum absolute atomic E-state index is 0.0408. The van der Waals surface area contributed by atoms with Crippen LogP contribution < -0.4 is 10.6 Å². The van der Waals surface area contributed by atoms with Crippen LogP contribution in [0.5, 0.6) is 0 Å². The van der Waals surface area contributed by atoms with Crippen molar-refractivity contribution in [2.75, 3.05) is 14.1 Å². The number of carbonyl (C=O) groups is 3. The predicted octanol–water partition coefficient (Wildman–Crippen LogP) is 3.47. The number of nitrogens with one attached hydrogen (secondary N) is 2. The van der Waals surface area contributed by atoms with Gasteiger partial charge in [0.25, 0.3) is 0 Å². The van der Waals surface area contributed by atoms with Crippen molar-refractivity contribution in [3.8, 4) is 6.07 Å². The summed E-state index contributed by atoms with van der Waals surface area (Å²) in [7, 11) is 3.32. The van der Waals surface area contributed by atoms with Gasteiger partial charge in [-0.25, -0.2) is 4.79 Å². The monoisotopic (exact) mass is 498 g/mol. The summed E-state index contributed by atoms with van der Waals surface area (Å²) in [6.07, 6.45) is 1.58. The number of nitrogens with zero attached hydrogens (tertiary/aromatic N) is 2. The Bertz CT molecular complexity index is 1030. The van der Waals surface area contributed by atoms with Gasteiger partial charge in [0.1, 0.15) is 6.04 Å². The van der Waals surface area contributed by atoms with E-state index in [-0.39, 0.29) is 23.3 Å². The molecule has 0 aliphatic heterocycles. The van der Waals surface area contributed by atoms with Crippen LogP contribution in [0.25, 0.3) is 0 Å². The van der Waals surface area contributed by atoms with E-state index in [0.717, 1.165) is 5.56 Å². The molecule has 8 nitrogen and oxygen atoms in total. The molecule has 3 atom stereocenters. The van der Waals surface area contributed by atoms with Gasteiger partial charge < -0.3 is 20.6 Å².